The van der Waals surface area contributed by atoms with E-state index in [0.717, 1.165) is 22.7 Å². The molecule has 0 saturated heterocycles. The summed E-state index contributed by atoms with van der Waals surface area (Å²) >= 11 is 3.40. The van der Waals surface area contributed by atoms with Gasteiger partial charge in [0.05, 0.1) is 6.04 Å². The van der Waals surface area contributed by atoms with E-state index in [1.165, 1.54) is 17.7 Å². The van der Waals surface area contributed by atoms with Gasteiger partial charge in [-0.1, -0.05) is 12.1 Å². The highest BCUT2D eigenvalue weighted by molar-refractivity contribution is 7.09. The molecule has 5 heteroatoms. The lowest BCUT2D eigenvalue weighted by Gasteiger charge is -2.16. The van der Waals surface area contributed by atoms with Crippen molar-refractivity contribution in [3.05, 3.63) is 74.1 Å². The Balaban J connectivity index is 1.71. The van der Waals surface area contributed by atoms with Crippen LogP contribution in [0.15, 0.2) is 46.5 Å². The Kier molecular flexibility index (Phi) is 4.97. The molecular formula is C17H17FN2S2. The minimum atomic E-state index is -0.200. The summed E-state index contributed by atoms with van der Waals surface area (Å²) in [6, 6.07) is 8.96. The largest absolute Gasteiger partial charge is 0.304 e. The van der Waals surface area contributed by atoms with Crippen molar-refractivity contribution in [3.63, 3.8) is 0 Å². The van der Waals surface area contributed by atoms with E-state index in [4.69, 9.17) is 0 Å². The first-order valence-corrected chi connectivity index (χ1v) is 8.94. The molecule has 3 aromatic rings. The summed E-state index contributed by atoms with van der Waals surface area (Å²) in [5.41, 5.74) is 3.44. The lowest BCUT2D eigenvalue weighted by molar-refractivity contribution is 0.527. The quantitative estimate of drug-likeness (QED) is 0.706. The summed E-state index contributed by atoms with van der Waals surface area (Å²) < 4.78 is 13.0. The fourth-order valence-corrected chi connectivity index (χ4v) is 3.82. The third-order valence-electron chi connectivity index (χ3n) is 3.42. The molecule has 1 atom stereocenters. The molecule has 114 valence electrons. The second kappa shape index (κ2) is 7.13. The van der Waals surface area contributed by atoms with Crippen LogP contribution in [-0.2, 0) is 13.0 Å². The smallest absolute Gasteiger partial charge is 0.123 e. The molecule has 0 fully saturated rings. The highest BCUT2D eigenvalue weighted by Gasteiger charge is 2.15. The minimum Gasteiger partial charge on any atom is -0.304 e. The second-order valence-electron chi connectivity index (χ2n) is 5.22. The molecule has 0 saturated carbocycles. The number of rotatable bonds is 6. The van der Waals surface area contributed by atoms with E-state index in [1.54, 1.807) is 22.7 Å². The van der Waals surface area contributed by atoms with Crippen LogP contribution in [-0.4, -0.2) is 4.98 Å². The maximum absolute atomic E-state index is 13.0. The van der Waals surface area contributed by atoms with Gasteiger partial charge in [-0.2, -0.15) is 11.3 Å². The zero-order valence-electron chi connectivity index (χ0n) is 12.3. The standard InChI is InChI=1S/C17H17FN2S2/c1-12-10-22-17(20-12)16(8-14-6-7-21-11-14)19-9-13-2-4-15(18)5-3-13/h2-7,10-11,16,19H,8-9H2,1H3/t16-/m1/s1. The number of hydrogen-bond acceptors (Lipinski definition) is 4. The first-order valence-electron chi connectivity index (χ1n) is 7.11. The first kappa shape index (κ1) is 15.3. The SMILES string of the molecule is Cc1csc([C@@H](Cc2ccsc2)NCc2ccc(F)cc2)n1. The minimum absolute atomic E-state index is 0.179. The van der Waals surface area contributed by atoms with E-state index < -0.39 is 0 Å². The van der Waals surface area contributed by atoms with Crippen LogP contribution in [0, 0.1) is 12.7 Å². The maximum atomic E-state index is 13.0. The Morgan fingerprint density at radius 3 is 2.59 bits per heavy atom. The van der Waals surface area contributed by atoms with Gasteiger partial charge >= 0.3 is 0 Å². The molecule has 0 aliphatic rings. The molecule has 2 nitrogen and oxygen atoms in total. The average molecular weight is 332 g/mol. The number of hydrogen-bond donors (Lipinski definition) is 1. The molecule has 1 aromatic carbocycles. The van der Waals surface area contributed by atoms with Crippen LogP contribution in [0.1, 0.15) is 27.9 Å². The van der Waals surface area contributed by atoms with E-state index in [9.17, 15) is 4.39 Å². The van der Waals surface area contributed by atoms with E-state index in [-0.39, 0.29) is 11.9 Å². The van der Waals surface area contributed by atoms with Crippen LogP contribution in [0.5, 0.6) is 0 Å². The number of benzene rings is 1. The van der Waals surface area contributed by atoms with Gasteiger partial charge < -0.3 is 5.32 Å². The maximum Gasteiger partial charge on any atom is 0.123 e. The third kappa shape index (κ3) is 4.00. The Morgan fingerprint density at radius 1 is 1.14 bits per heavy atom. The van der Waals surface area contributed by atoms with Gasteiger partial charge in [0.2, 0.25) is 0 Å². The Morgan fingerprint density at radius 2 is 1.95 bits per heavy atom. The van der Waals surface area contributed by atoms with Crippen molar-refractivity contribution in [1.29, 1.82) is 0 Å². The number of aryl methyl sites for hydroxylation is 1. The monoisotopic (exact) mass is 332 g/mol. The van der Waals surface area contributed by atoms with Gasteiger partial charge in [-0.3, -0.25) is 0 Å². The lowest BCUT2D eigenvalue weighted by Crippen LogP contribution is -2.22. The summed E-state index contributed by atoms with van der Waals surface area (Å²) in [4.78, 5) is 4.62. The van der Waals surface area contributed by atoms with Crippen molar-refractivity contribution in [2.45, 2.75) is 25.9 Å². The molecule has 0 amide bonds. The summed E-state index contributed by atoms with van der Waals surface area (Å²) in [5, 5.41) is 11.0. The van der Waals surface area contributed by atoms with Gasteiger partial charge in [0.15, 0.2) is 0 Å². The summed E-state index contributed by atoms with van der Waals surface area (Å²) in [6.07, 6.45) is 0.914. The van der Waals surface area contributed by atoms with E-state index in [2.05, 4.69) is 32.5 Å². The van der Waals surface area contributed by atoms with Crippen LogP contribution in [0.4, 0.5) is 4.39 Å². The van der Waals surface area contributed by atoms with E-state index in [1.807, 2.05) is 19.1 Å². The van der Waals surface area contributed by atoms with Crippen molar-refractivity contribution in [2.24, 2.45) is 0 Å². The third-order valence-corrected chi connectivity index (χ3v) is 5.23. The zero-order chi connectivity index (χ0) is 15.4. The van der Waals surface area contributed by atoms with E-state index >= 15 is 0 Å². The molecule has 1 N–H and O–H groups in total. The number of thiophene rings is 1. The van der Waals surface area contributed by atoms with Crippen molar-refractivity contribution < 1.29 is 4.39 Å². The van der Waals surface area contributed by atoms with Crippen LogP contribution in [0.25, 0.3) is 0 Å². The van der Waals surface area contributed by atoms with Crippen molar-refractivity contribution in [2.75, 3.05) is 0 Å². The topological polar surface area (TPSA) is 24.9 Å². The van der Waals surface area contributed by atoms with Crippen molar-refractivity contribution >= 4 is 22.7 Å². The molecule has 2 aromatic heterocycles. The predicted molar refractivity (Wildman–Crippen MR) is 90.9 cm³/mol. The highest BCUT2D eigenvalue weighted by Crippen LogP contribution is 2.23. The first-order chi connectivity index (χ1) is 10.7. The normalized spacial score (nSPS) is 12.5. The molecule has 0 spiro atoms. The van der Waals surface area contributed by atoms with Gasteiger partial charge in [-0.15, -0.1) is 11.3 Å². The number of nitrogens with one attached hydrogen (secondary N) is 1. The molecule has 2 heterocycles. The average Bonchev–Trinajstić information content (AvgIpc) is 3.16. The number of aromatic nitrogens is 1. The molecule has 0 unspecified atom stereocenters. The fourth-order valence-electron chi connectivity index (χ4n) is 2.27. The summed E-state index contributed by atoms with van der Waals surface area (Å²) in [7, 11) is 0. The van der Waals surface area contributed by atoms with Crippen LogP contribution >= 0.6 is 22.7 Å². The van der Waals surface area contributed by atoms with Gasteiger partial charge in [-0.05, 0) is 53.4 Å². The van der Waals surface area contributed by atoms with Crippen LogP contribution in [0.3, 0.4) is 0 Å². The number of thiazole rings is 1. The van der Waals surface area contributed by atoms with Gasteiger partial charge in [0, 0.05) is 17.6 Å². The highest BCUT2D eigenvalue weighted by atomic mass is 32.1. The lowest BCUT2D eigenvalue weighted by atomic mass is 10.1. The zero-order valence-corrected chi connectivity index (χ0v) is 13.9. The van der Waals surface area contributed by atoms with Gasteiger partial charge in [-0.25, -0.2) is 9.37 Å². The summed E-state index contributed by atoms with van der Waals surface area (Å²) in [5.74, 6) is -0.200. The molecule has 0 bridgehead atoms. The number of halogens is 1. The Hall–Kier alpha value is -1.56. The summed E-state index contributed by atoms with van der Waals surface area (Å²) in [6.45, 7) is 2.72. The van der Waals surface area contributed by atoms with Gasteiger partial charge in [0.25, 0.3) is 0 Å². The molecule has 3 rings (SSSR count). The van der Waals surface area contributed by atoms with Gasteiger partial charge in [0.1, 0.15) is 10.8 Å². The fraction of sp³-hybridized carbons (Fsp3) is 0.235. The molecule has 22 heavy (non-hydrogen) atoms. The number of nitrogens with zero attached hydrogens (tertiary/aromatic N) is 1. The van der Waals surface area contributed by atoms with Crippen molar-refractivity contribution in [1.82, 2.24) is 10.3 Å². The predicted octanol–water partition coefficient (Wildman–Crippen LogP) is 4.73. The Labute approximate surface area is 137 Å². The van der Waals surface area contributed by atoms with Crippen LogP contribution in [0.2, 0.25) is 0 Å². The molecule has 0 aliphatic carbocycles. The molecule has 0 aliphatic heterocycles. The van der Waals surface area contributed by atoms with E-state index in [0.29, 0.717) is 6.54 Å². The Bertz CT molecular complexity index is 705. The molecular weight excluding hydrogens is 315 g/mol. The van der Waals surface area contributed by atoms with Crippen LogP contribution < -0.4 is 5.32 Å². The molecule has 0 radical (unpaired) electrons. The second-order valence-corrected chi connectivity index (χ2v) is 6.89. The van der Waals surface area contributed by atoms with Crippen molar-refractivity contribution in [3.8, 4) is 0 Å².